The van der Waals surface area contributed by atoms with Gasteiger partial charge in [-0.3, -0.25) is 0 Å². The molecule has 2 nitrogen and oxygen atoms in total. The molecule has 0 saturated carbocycles. The van der Waals surface area contributed by atoms with E-state index in [4.69, 9.17) is 5.73 Å². The molecular weight excluding hydrogens is 312 g/mol. The maximum Gasteiger partial charge on any atom is 0.0543 e. The van der Waals surface area contributed by atoms with Crippen molar-refractivity contribution in [1.29, 1.82) is 0 Å². The van der Waals surface area contributed by atoms with Gasteiger partial charge in [0.1, 0.15) is 0 Å². The first-order chi connectivity index (χ1) is 9.65. The molecule has 1 heterocycles. The molecule has 0 bridgehead atoms. The van der Waals surface area contributed by atoms with E-state index in [1.165, 1.54) is 34.1 Å². The number of hydrogen-bond acceptors (Lipinski definition) is 2. The van der Waals surface area contributed by atoms with E-state index in [0.717, 1.165) is 12.2 Å². The normalized spacial score (nSPS) is 18.5. The van der Waals surface area contributed by atoms with Crippen molar-refractivity contribution in [2.24, 2.45) is 0 Å². The van der Waals surface area contributed by atoms with Crippen LogP contribution >= 0.6 is 15.9 Å². The highest BCUT2D eigenvalue weighted by Crippen LogP contribution is 2.37. The van der Waals surface area contributed by atoms with E-state index in [2.05, 4.69) is 58.1 Å². The Morgan fingerprint density at radius 2 is 2.05 bits per heavy atom. The third-order valence-corrected chi connectivity index (χ3v) is 4.91. The number of anilines is 2. The molecule has 0 spiro atoms. The van der Waals surface area contributed by atoms with Crippen molar-refractivity contribution < 1.29 is 0 Å². The number of nitrogens with zero attached hydrogens (tertiary/aromatic N) is 1. The molecule has 3 rings (SSSR count). The van der Waals surface area contributed by atoms with Crippen LogP contribution in [0.1, 0.15) is 30.0 Å². The minimum atomic E-state index is 0.444. The van der Waals surface area contributed by atoms with Crippen molar-refractivity contribution in [2.45, 2.75) is 25.8 Å². The third kappa shape index (κ3) is 2.55. The highest BCUT2D eigenvalue weighted by molar-refractivity contribution is 9.10. The summed E-state index contributed by atoms with van der Waals surface area (Å²) in [5, 5.41) is 0. The smallest absolute Gasteiger partial charge is 0.0543 e. The van der Waals surface area contributed by atoms with Crippen LogP contribution in [0, 0.1) is 6.92 Å². The summed E-state index contributed by atoms with van der Waals surface area (Å²) >= 11 is 3.57. The van der Waals surface area contributed by atoms with Gasteiger partial charge in [0.05, 0.1) is 6.04 Å². The SMILES string of the molecule is Cc1cc(N2CCCC2c2cccc(N)c2)ccc1Br. The van der Waals surface area contributed by atoms with Crippen molar-refractivity contribution in [3.63, 3.8) is 0 Å². The maximum atomic E-state index is 5.93. The van der Waals surface area contributed by atoms with Crippen molar-refractivity contribution in [1.82, 2.24) is 0 Å². The van der Waals surface area contributed by atoms with Gasteiger partial charge in [-0.05, 0) is 61.2 Å². The Labute approximate surface area is 128 Å². The van der Waals surface area contributed by atoms with E-state index >= 15 is 0 Å². The van der Waals surface area contributed by atoms with Crippen LogP contribution in [0.4, 0.5) is 11.4 Å². The molecule has 20 heavy (non-hydrogen) atoms. The summed E-state index contributed by atoms with van der Waals surface area (Å²) in [5.41, 5.74) is 10.7. The summed E-state index contributed by atoms with van der Waals surface area (Å²) in [7, 11) is 0. The first kappa shape index (κ1) is 13.5. The van der Waals surface area contributed by atoms with Gasteiger partial charge in [-0.1, -0.05) is 28.1 Å². The van der Waals surface area contributed by atoms with Crippen molar-refractivity contribution in [3.8, 4) is 0 Å². The Morgan fingerprint density at radius 3 is 2.80 bits per heavy atom. The quantitative estimate of drug-likeness (QED) is 0.810. The van der Waals surface area contributed by atoms with Crippen LogP contribution in [-0.4, -0.2) is 6.54 Å². The van der Waals surface area contributed by atoms with Crippen molar-refractivity contribution in [2.75, 3.05) is 17.2 Å². The van der Waals surface area contributed by atoms with Crippen LogP contribution < -0.4 is 10.6 Å². The van der Waals surface area contributed by atoms with Gasteiger partial charge in [0, 0.05) is 22.4 Å². The number of rotatable bonds is 2. The van der Waals surface area contributed by atoms with E-state index < -0.39 is 0 Å². The molecule has 2 aromatic carbocycles. The molecule has 0 aliphatic carbocycles. The topological polar surface area (TPSA) is 29.3 Å². The molecule has 104 valence electrons. The summed E-state index contributed by atoms with van der Waals surface area (Å²) in [5.74, 6) is 0. The molecule has 2 N–H and O–H groups in total. The van der Waals surface area contributed by atoms with Crippen LogP contribution in [0.3, 0.4) is 0 Å². The highest BCUT2D eigenvalue weighted by Gasteiger charge is 2.26. The van der Waals surface area contributed by atoms with Gasteiger partial charge in [-0.25, -0.2) is 0 Å². The van der Waals surface area contributed by atoms with Gasteiger partial charge >= 0.3 is 0 Å². The number of hydrogen-bond donors (Lipinski definition) is 1. The second-order valence-corrected chi connectivity index (χ2v) is 6.31. The average Bonchev–Trinajstić information content (AvgIpc) is 2.91. The minimum absolute atomic E-state index is 0.444. The summed E-state index contributed by atoms with van der Waals surface area (Å²) in [6.45, 7) is 3.25. The Kier molecular flexibility index (Phi) is 3.70. The van der Waals surface area contributed by atoms with Gasteiger partial charge in [-0.15, -0.1) is 0 Å². The molecular formula is C17H19BrN2. The van der Waals surface area contributed by atoms with Crippen molar-refractivity contribution in [3.05, 3.63) is 58.1 Å². The number of nitrogen functional groups attached to an aromatic ring is 1. The first-order valence-corrected chi connectivity index (χ1v) is 7.83. The van der Waals surface area contributed by atoms with Gasteiger partial charge in [0.2, 0.25) is 0 Å². The van der Waals surface area contributed by atoms with Gasteiger partial charge < -0.3 is 10.6 Å². The molecule has 1 aliphatic heterocycles. The minimum Gasteiger partial charge on any atom is -0.399 e. The van der Waals surface area contributed by atoms with Crippen LogP contribution in [0.25, 0.3) is 0 Å². The Balaban J connectivity index is 1.94. The number of benzene rings is 2. The zero-order valence-corrected chi connectivity index (χ0v) is 13.2. The highest BCUT2D eigenvalue weighted by atomic mass is 79.9. The van der Waals surface area contributed by atoms with Gasteiger partial charge in [0.25, 0.3) is 0 Å². The predicted molar refractivity (Wildman–Crippen MR) is 89.1 cm³/mol. The van der Waals surface area contributed by atoms with Gasteiger partial charge in [-0.2, -0.15) is 0 Å². The van der Waals surface area contributed by atoms with E-state index in [9.17, 15) is 0 Å². The molecule has 2 aromatic rings. The fourth-order valence-electron chi connectivity index (χ4n) is 3.00. The summed E-state index contributed by atoms with van der Waals surface area (Å²) < 4.78 is 1.17. The van der Waals surface area contributed by atoms with Crippen LogP contribution in [0.5, 0.6) is 0 Å². The lowest BCUT2D eigenvalue weighted by Gasteiger charge is -2.28. The monoisotopic (exact) mass is 330 g/mol. The average molecular weight is 331 g/mol. The van der Waals surface area contributed by atoms with Crippen molar-refractivity contribution >= 4 is 27.3 Å². The molecule has 1 unspecified atom stereocenters. The van der Waals surface area contributed by atoms with E-state index in [-0.39, 0.29) is 0 Å². The van der Waals surface area contributed by atoms with Crippen LogP contribution in [-0.2, 0) is 0 Å². The number of aryl methyl sites for hydroxylation is 1. The first-order valence-electron chi connectivity index (χ1n) is 7.03. The largest absolute Gasteiger partial charge is 0.399 e. The zero-order chi connectivity index (χ0) is 14.1. The lowest BCUT2D eigenvalue weighted by Crippen LogP contribution is -2.22. The van der Waals surface area contributed by atoms with E-state index in [0.29, 0.717) is 6.04 Å². The molecule has 1 saturated heterocycles. The molecule has 0 amide bonds. The number of halogens is 1. The molecule has 1 atom stereocenters. The van der Waals surface area contributed by atoms with Crippen LogP contribution in [0.2, 0.25) is 0 Å². The van der Waals surface area contributed by atoms with Crippen LogP contribution in [0.15, 0.2) is 46.9 Å². The summed E-state index contributed by atoms with van der Waals surface area (Å²) in [6.07, 6.45) is 2.42. The second-order valence-electron chi connectivity index (χ2n) is 5.46. The predicted octanol–water partition coefficient (Wildman–Crippen LogP) is 4.68. The summed E-state index contributed by atoms with van der Waals surface area (Å²) in [6, 6.07) is 15.3. The lowest BCUT2D eigenvalue weighted by molar-refractivity contribution is 0.719. The molecule has 0 aromatic heterocycles. The molecule has 1 fully saturated rings. The van der Waals surface area contributed by atoms with E-state index in [1.54, 1.807) is 0 Å². The standard InChI is InChI=1S/C17H19BrN2/c1-12-10-15(7-8-16(12)18)20-9-3-6-17(20)13-4-2-5-14(19)11-13/h2,4-5,7-8,10-11,17H,3,6,9,19H2,1H3. The van der Waals surface area contributed by atoms with Gasteiger partial charge in [0.15, 0.2) is 0 Å². The Morgan fingerprint density at radius 1 is 1.20 bits per heavy atom. The Bertz CT molecular complexity index is 624. The van der Waals surface area contributed by atoms with E-state index in [1.807, 2.05) is 12.1 Å². The molecule has 3 heteroatoms. The molecule has 1 aliphatic rings. The fraction of sp³-hybridized carbons (Fsp3) is 0.294. The molecule has 0 radical (unpaired) electrons. The lowest BCUT2D eigenvalue weighted by atomic mass is 10.0. The zero-order valence-electron chi connectivity index (χ0n) is 11.6. The fourth-order valence-corrected chi connectivity index (χ4v) is 3.24. The second kappa shape index (κ2) is 5.49. The number of nitrogens with two attached hydrogens (primary N) is 1. The third-order valence-electron chi connectivity index (χ3n) is 4.02. The Hall–Kier alpha value is -1.48. The maximum absolute atomic E-state index is 5.93. The summed E-state index contributed by atoms with van der Waals surface area (Å²) in [4.78, 5) is 2.49.